The summed E-state index contributed by atoms with van der Waals surface area (Å²) in [6.45, 7) is 6.36. The minimum Gasteiger partial charge on any atom is -0.350 e. The second-order valence-corrected chi connectivity index (χ2v) is 8.82. The first-order valence-electron chi connectivity index (χ1n) is 9.41. The molecule has 0 aliphatic carbocycles. The molecule has 1 amide bonds. The van der Waals surface area contributed by atoms with Gasteiger partial charge in [-0.25, -0.2) is 12.7 Å². The fourth-order valence-electron chi connectivity index (χ4n) is 3.10. The maximum atomic E-state index is 12.7. The zero-order valence-electron chi connectivity index (χ0n) is 16.9. The molecule has 2 aromatic carbocycles. The normalized spacial score (nSPS) is 12.9. The molecule has 6 nitrogen and oxygen atoms in total. The fourth-order valence-corrected chi connectivity index (χ4v) is 4.05. The van der Waals surface area contributed by atoms with Crippen LogP contribution in [-0.4, -0.2) is 57.3 Å². The maximum absolute atomic E-state index is 12.7. The predicted molar refractivity (Wildman–Crippen MR) is 112 cm³/mol. The van der Waals surface area contributed by atoms with Crippen LogP contribution in [0.2, 0.25) is 0 Å². The number of carbonyl (C=O) groups excluding carboxylic acids is 1. The topological polar surface area (TPSA) is 69.7 Å². The molecule has 0 spiro atoms. The smallest absolute Gasteiger partial charge is 0.251 e. The van der Waals surface area contributed by atoms with Gasteiger partial charge in [-0.05, 0) is 36.9 Å². The summed E-state index contributed by atoms with van der Waals surface area (Å²) in [4.78, 5) is 15.1. The SMILES string of the molecule is CCN(CC)[C@H](CNC(=O)c1cccc(S(=O)(=O)N(C)C)c1)c1ccccc1. The second-order valence-electron chi connectivity index (χ2n) is 6.67. The number of hydrogen-bond acceptors (Lipinski definition) is 4. The minimum atomic E-state index is -3.58. The van der Waals surface area contributed by atoms with Gasteiger partial charge >= 0.3 is 0 Å². The third kappa shape index (κ3) is 5.19. The highest BCUT2D eigenvalue weighted by atomic mass is 32.2. The highest BCUT2D eigenvalue weighted by Gasteiger charge is 2.21. The summed E-state index contributed by atoms with van der Waals surface area (Å²) < 4.78 is 25.8. The zero-order valence-corrected chi connectivity index (χ0v) is 17.7. The van der Waals surface area contributed by atoms with E-state index in [9.17, 15) is 13.2 Å². The number of likely N-dealkylation sites (N-methyl/N-ethyl adjacent to an activating group) is 1. The van der Waals surface area contributed by atoms with Crippen LogP contribution in [0.5, 0.6) is 0 Å². The largest absolute Gasteiger partial charge is 0.350 e. The molecule has 0 saturated carbocycles. The molecule has 152 valence electrons. The van der Waals surface area contributed by atoms with E-state index < -0.39 is 10.0 Å². The summed E-state index contributed by atoms with van der Waals surface area (Å²) in [6.07, 6.45) is 0. The van der Waals surface area contributed by atoms with Crippen molar-refractivity contribution >= 4 is 15.9 Å². The van der Waals surface area contributed by atoms with Crippen molar-refractivity contribution in [1.29, 1.82) is 0 Å². The van der Waals surface area contributed by atoms with Crippen LogP contribution < -0.4 is 5.32 Å². The van der Waals surface area contributed by atoms with E-state index in [4.69, 9.17) is 0 Å². The first-order chi connectivity index (χ1) is 13.3. The Morgan fingerprint density at radius 1 is 1.00 bits per heavy atom. The average Bonchev–Trinajstić information content (AvgIpc) is 2.71. The van der Waals surface area contributed by atoms with E-state index in [2.05, 4.69) is 36.2 Å². The van der Waals surface area contributed by atoms with Gasteiger partial charge in [0.05, 0.1) is 10.9 Å². The zero-order chi connectivity index (χ0) is 20.7. The van der Waals surface area contributed by atoms with Crippen molar-refractivity contribution in [3.8, 4) is 0 Å². The van der Waals surface area contributed by atoms with Crippen molar-refractivity contribution in [2.24, 2.45) is 0 Å². The van der Waals surface area contributed by atoms with E-state index in [-0.39, 0.29) is 16.8 Å². The molecule has 0 aromatic heterocycles. The van der Waals surface area contributed by atoms with Crippen molar-refractivity contribution < 1.29 is 13.2 Å². The van der Waals surface area contributed by atoms with Gasteiger partial charge in [-0.3, -0.25) is 9.69 Å². The molecule has 1 N–H and O–H groups in total. The number of benzene rings is 2. The van der Waals surface area contributed by atoms with Crippen molar-refractivity contribution in [2.75, 3.05) is 33.7 Å². The van der Waals surface area contributed by atoms with Crippen molar-refractivity contribution in [3.63, 3.8) is 0 Å². The van der Waals surface area contributed by atoms with Gasteiger partial charge in [0.1, 0.15) is 0 Å². The standard InChI is InChI=1S/C21H29N3O3S/c1-5-24(6-2)20(17-11-8-7-9-12-17)16-22-21(25)18-13-10-14-19(15-18)28(26,27)23(3)4/h7-15,20H,5-6,16H2,1-4H3,(H,22,25)/t20-/m1/s1. The first-order valence-corrected chi connectivity index (χ1v) is 10.8. The first kappa shape index (κ1) is 22.1. The van der Waals surface area contributed by atoms with E-state index >= 15 is 0 Å². The minimum absolute atomic E-state index is 0.0499. The lowest BCUT2D eigenvalue weighted by Gasteiger charge is -2.30. The Kier molecular flexibility index (Phi) is 7.74. The summed E-state index contributed by atoms with van der Waals surface area (Å²) in [5.74, 6) is -0.288. The van der Waals surface area contributed by atoms with Gasteiger partial charge in [0.2, 0.25) is 10.0 Å². The van der Waals surface area contributed by atoms with Gasteiger partial charge in [0, 0.05) is 26.2 Å². The summed E-state index contributed by atoms with van der Waals surface area (Å²) in [6, 6.07) is 16.2. The molecule has 0 fully saturated rings. The second kappa shape index (κ2) is 9.82. The molecular formula is C21H29N3O3S. The molecule has 7 heteroatoms. The number of sulfonamides is 1. The van der Waals surface area contributed by atoms with E-state index in [0.29, 0.717) is 12.1 Å². The molecule has 0 bridgehead atoms. The van der Waals surface area contributed by atoms with Crippen LogP contribution in [0.4, 0.5) is 0 Å². The molecular weight excluding hydrogens is 374 g/mol. The van der Waals surface area contributed by atoms with Gasteiger partial charge < -0.3 is 5.32 Å². The van der Waals surface area contributed by atoms with E-state index in [0.717, 1.165) is 23.0 Å². The number of rotatable bonds is 9. The molecule has 0 aliphatic rings. The summed E-state index contributed by atoms with van der Waals surface area (Å²) in [5, 5.41) is 2.97. The lowest BCUT2D eigenvalue weighted by atomic mass is 10.0. The third-order valence-electron chi connectivity index (χ3n) is 4.77. The lowest BCUT2D eigenvalue weighted by molar-refractivity contribution is 0.0934. The Hall–Kier alpha value is -2.22. The van der Waals surface area contributed by atoms with Gasteiger partial charge in [-0.1, -0.05) is 50.2 Å². The van der Waals surface area contributed by atoms with Crippen molar-refractivity contribution in [1.82, 2.24) is 14.5 Å². The third-order valence-corrected chi connectivity index (χ3v) is 6.58. The molecule has 0 aliphatic heterocycles. The molecule has 0 unspecified atom stereocenters. The molecule has 0 saturated heterocycles. The quantitative estimate of drug-likeness (QED) is 0.699. The molecule has 2 rings (SSSR count). The highest BCUT2D eigenvalue weighted by Crippen LogP contribution is 2.20. The van der Waals surface area contributed by atoms with Crippen molar-refractivity contribution in [3.05, 3.63) is 65.7 Å². The molecule has 2 aromatic rings. The van der Waals surface area contributed by atoms with Gasteiger partial charge in [-0.2, -0.15) is 0 Å². The summed E-state index contributed by atoms with van der Waals surface area (Å²) in [7, 11) is -0.646. The molecule has 28 heavy (non-hydrogen) atoms. The molecule has 0 heterocycles. The fraction of sp³-hybridized carbons (Fsp3) is 0.381. The number of carbonyl (C=O) groups is 1. The Labute approximate surface area is 168 Å². The monoisotopic (exact) mass is 403 g/mol. The number of amides is 1. The van der Waals surface area contributed by atoms with E-state index in [1.54, 1.807) is 12.1 Å². The highest BCUT2D eigenvalue weighted by molar-refractivity contribution is 7.89. The lowest BCUT2D eigenvalue weighted by Crippen LogP contribution is -2.38. The average molecular weight is 404 g/mol. The van der Waals surface area contributed by atoms with Crippen LogP contribution in [0.15, 0.2) is 59.5 Å². The van der Waals surface area contributed by atoms with Crippen molar-refractivity contribution in [2.45, 2.75) is 24.8 Å². The Morgan fingerprint density at radius 2 is 1.64 bits per heavy atom. The Balaban J connectivity index is 2.19. The van der Waals surface area contributed by atoms with Crippen LogP contribution in [0.3, 0.4) is 0 Å². The maximum Gasteiger partial charge on any atom is 0.251 e. The van der Waals surface area contributed by atoms with Crippen LogP contribution >= 0.6 is 0 Å². The molecule has 1 atom stereocenters. The van der Waals surface area contributed by atoms with Crippen LogP contribution in [0.25, 0.3) is 0 Å². The molecule has 0 radical (unpaired) electrons. The Bertz CT molecular complexity index is 879. The predicted octanol–water partition coefficient (Wildman–Crippen LogP) is 2.75. The number of nitrogens with one attached hydrogen (secondary N) is 1. The summed E-state index contributed by atoms with van der Waals surface area (Å²) >= 11 is 0. The van der Waals surface area contributed by atoms with Gasteiger partial charge in [-0.15, -0.1) is 0 Å². The van der Waals surface area contributed by atoms with Gasteiger partial charge in [0.25, 0.3) is 5.91 Å². The van der Waals surface area contributed by atoms with E-state index in [1.807, 2.05) is 18.2 Å². The van der Waals surface area contributed by atoms with Crippen LogP contribution in [0, 0.1) is 0 Å². The van der Waals surface area contributed by atoms with Gasteiger partial charge in [0.15, 0.2) is 0 Å². The Morgan fingerprint density at radius 3 is 2.21 bits per heavy atom. The number of hydrogen-bond donors (Lipinski definition) is 1. The summed E-state index contributed by atoms with van der Waals surface area (Å²) in [5.41, 5.74) is 1.46. The van der Waals surface area contributed by atoms with Crippen LogP contribution in [0.1, 0.15) is 35.8 Å². The van der Waals surface area contributed by atoms with Crippen LogP contribution in [-0.2, 0) is 10.0 Å². The van der Waals surface area contributed by atoms with E-state index in [1.165, 1.54) is 26.2 Å². The number of nitrogens with zero attached hydrogens (tertiary/aromatic N) is 2.